The SMILES string of the molecule is CC(=O)[CH-]C(=O)c1ccccc1.CC(=O)[CH-]C(=O)c1ccccc1.C[C@]12CCC(=O)C=C1CC[C@@H]1C2CC[C@@]2(C)C1CC[C@]2(C)[O-].C[C@]12CCC(=O)C=C1CC[C@@H]1C2CC[C@@]2(C)C1CC[C@]2(C)[O-].Cl.[Ti+4]. The van der Waals surface area contributed by atoms with E-state index in [9.17, 15) is 39.0 Å². The van der Waals surface area contributed by atoms with Gasteiger partial charge in [0.25, 0.3) is 0 Å². The zero-order valence-electron chi connectivity index (χ0n) is 43.0. The Morgan fingerprint density at radius 2 is 0.814 bits per heavy atom. The summed E-state index contributed by atoms with van der Waals surface area (Å²) in [6, 6.07) is 17.4. The van der Waals surface area contributed by atoms with E-state index >= 15 is 0 Å². The second-order valence-corrected chi connectivity index (χ2v) is 23.4. The first kappa shape index (κ1) is 57.5. The Kier molecular flexibility index (Phi) is 18.4. The smallest absolute Gasteiger partial charge is 0.849 e. The molecule has 0 saturated heterocycles. The molecule has 0 N–H and O–H groups in total. The van der Waals surface area contributed by atoms with Gasteiger partial charge in [-0.1, -0.05) is 115 Å². The van der Waals surface area contributed by atoms with Crippen molar-refractivity contribution in [1.82, 2.24) is 0 Å². The van der Waals surface area contributed by atoms with Crippen LogP contribution in [-0.2, 0) is 40.9 Å². The van der Waals surface area contributed by atoms with Crippen LogP contribution in [0.15, 0.2) is 84.0 Å². The molecule has 0 radical (unpaired) electrons. The molecule has 0 aliphatic heterocycles. The fourth-order valence-electron chi connectivity index (χ4n) is 15.3. The fraction of sp³-hybridized carbons (Fsp3) is 0.600. The monoisotopic (exact) mass is 1010 g/mol. The molecular weight excluding hydrogens is 932 g/mol. The molecule has 2 aromatic rings. The van der Waals surface area contributed by atoms with Crippen molar-refractivity contribution in [2.45, 2.75) is 169 Å². The van der Waals surface area contributed by atoms with Gasteiger partial charge in [0.2, 0.25) is 0 Å². The van der Waals surface area contributed by atoms with Crippen LogP contribution in [-0.4, -0.2) is 45.9 Å². The van der Waals surface area contributed by atoms with Gasteiger partial charge in [0, 0.05) is 24.4 Å². The average molecular weight is 1010 g/mol. The molecule has 10 heteroatoms. The minimum Gasteiger partial charge on any atom is -0.849 e. The fourth-order valence-corrected chi connectivity index (χ4v) is 15.3. The van der Waals surface area contributed by atoms with E-state index < -0.39 is 11.2 Å². The van der Waals surface area contributed by atoms with Crippen molar-refractivity contribution in [2.75, 3.05) is 0 Å². The number of hydrogen-bond donors (Lipinski definition) is 0. The molecule has 8 aliphatic carbocycles. The number of fused-ring (bicyclic) bond motifs is 10. The van der Waals surface area contributed by atoms with Crippen LogP contribution in [0.25, 0.3) is 0 Å². The molecule has 8 nitrogen and oxygen atoms in total. The van der Waals surface area contributed by atoms with Crippen molar-refractivity contribution in [1.29, 1.82) is 0 Å². The van der Waals surface area contributed by atoms with E-state index in [1.165, 1.54) is 50.7 Å². The van der Waals surface area contributed by atoms with E-state index in [1.807, 2.05) is 38.1 Å². The zero-order chi connectivity index (χ0) is 49.5. The van der Waals surface area contributed by atoms with Gasteiger partial charge in [0.1, 0.15) is 0 Å². The molecule has 4 unspecified atom stereocenters. The first-order valence-corrected chi connectivity index (χ1v) is 25.7. The van der Waals surface area contributed by atoms with E-state index in [1.54, 1.807) is 48.5 Å². The molecule has 10 rings (SSSR count). The summed E-state index contributed by atoms with van der Waals surface area (Å²) < 4.78 is 0. The molecule has 6 fully saturated rings. The Labute approximate surface area is 439 Å². The van der Waals surface area contributed by atoms with E-state index in [0.717, 1.165) is 89.9 Å². The Bertz CT molecular complexity index is 2160. The van der Waals surface area contributed by atoms with E-state index in [0.29, 0.717) is 58.2 Å². The van der Waals surface area contributed by atoms with Gasteiger partial charge in [0.05, 0.1) is 11.6 Å². The average Bonchev–Trinajstić information content (AvgIpc) is 3.70. The summed E-state index contributed by atoms with van der Waals surface area (Å²) in [5.41, 5.74) is 2.95. The largest absolute Gasteiger partial charge is 4.00 e. The molecule has 12 atom stereocenters. The number of halogens is 1. The standard InChI is InChI=1S/2C20H29O2.2C10H9O2.ClH.Ti/c2*1-18-9-6-14(21)12-13(18)4-5-15-16(18)7-10-19(2)17(15)8-11-20(19,3)22;2*1-8(11)7-10(12)9-5-3-2-4-6-9;;/h2*12,15-17H,4-11H2,1-3H3;2*2-7H,1H3;1H;/q4*-1;;+4/t2*15-,16?,17?,18+,19+,20+;;;;/m11..../s1. The number of ketones is 6. The van der Waals surface area contributed by atoms with Gasteiger partial charge >= 0.3 is 21.7 Å². The summed E-state index contributed by atoms with van der Waals surface area (Å²) in [6.07, 6.45) is 22.8. The van der Waals surface area contributed by atoms with Crippen LogP contribution in [0.4, 0.5) is 0 Å². The molecule has 8 aliphatic rings. The van der Waals surface area contributed by atoms with Gasteiger partial charge in [-0.15, -0.1) is 71.8 Å². The number of allylic oxidation sites excluding steroid dienone is 2. The maximum Gasteiger partial charge on any atom is 4.00 e. The molecule has 0 spiro atoms. The summed E-state index contributed by atoms with van der Waals surface area (Å²) in [5, 5.41) is 26.0. The van der Waals surface area contributed by atoms with Crippen molar-refractivity contribution in [3.63, 3.8) is 0 Å². The van der Waals surface area contributed by atoms with Crippen molar-refractivity contribution >= 4 is 47.1 Å². The Balaban J connectivity index is 0.000000180. The maximum absolute atomic E-state index is 13.0. The molecule has 6 saturated carbocycles. The predicted octanol–water partition coefficient (Wildman–Crippen LogP) is 11.0. The predicted molar refractivity (Wildman–Crippen MR) is 269 cm³/mol. The number of rotatable bonds is 6. The summed E-state index contributed by atoms with van der Waals surface area (Å²) in [7, 11) is 0. The zero-order valence-corrected chi connectivity index (χ0v) is 45.4. The normalized spacial score (nSPS) is 37.2. The molecule has 376 valence electrons. The van der Waals surface area contributed by atoms with Crippen LogP contribution in [0, 0.1) is 70.0 Å². The minimum absolute atomic E-state index is 0. The van der Waals surface area contributed by atoms with Crippen LogP contribution in [0.3, 0.4) is 0 Å². The van der Waals surface area contributed by atoms with Crippen LogP contribution >= 0.6 is 12.4 Å². The van der Waals surface area contributed by atoms with Crippen LogP contribution < -0.4 is 10.2 Å². The van der Waals surface area contributed by atoms with Crippen molar-refractivity contribution in [3.05, 3.63) is 108 Å². The molecule has 0 aromatic heterocycles. The third-order valence-electron chi connectivity index (χ3n) is 19.8. The van der Waals surface area contributed by atoms with E-state index in [-0.39, 0.29) is 78.9 Å². The van der Waals surface area contributed by atoms with Crippen molar-refractivity contribution < 1.29 is 60.7 Å². The number of carbonyl (C=O) groups is 6. The van der Waals surface area contributed by atoms with Gasteiger partial charge in [-0.2, -0.15) is 0 Å². The summed E-state index contributed by atoms with van der Waals surface area (Å²) in [6.45, 7) is 16.0. The van der Waals surface area contributed by atoms with Gasteiger partial charge < -0.3 is 29.4 Å². The molecule has 0 amide bonds. The van der Waals surface area contributed by atoms with Gasteiger partial charge in [-0.05, 0) is 147 Å². The first-order chi connectivity index (χ1) is 32.0. The number of hydrogen-bond acceptors (Lipinski definition) is 8. The second kappa shape index (κ2) is 22.4. The quantitative estimate of drug-likeness (QED) is 0.120. The number of carbonyl (C=O) groups excluding carboxylic acids is 6. The Morgan fingerprint density at radius 1 is 0.486 bits per heavy atom. The molecule has 0 bridgehead atoms. The van der Waals surface area contributed by atoms with Crippen molar-refractivity contribution in [3.8, 4) is 0 Å². The van der Waals surface area contributed by atoms with Crippen molar-refractivity contribution in [2.24, 2.45) is 57.2 Å². The van der Waals surface area contributed by atoms with Gasteiger partial charge in [0.15, 0.2) is 11.6 Å². The molecule has 2 aromatic carbocycles. The Hall–Kier alpha value is -3.40. The maximum atomic E-state index is 13.0. The first-order valence-electron chi connectivity index (χ1n) is 25.7. The molecular formula is C60H77ClO8Ti. The molecule has 0 heterocycles. The van der Waals surface area contributed by atoms with Crippen LogP contribution in [0.1, 0.15) is 179 Å². The third kappa shape index (κ3) is 11.2. The summed E-state index contributed by atoms with van der Waals surface area (Å²) >= 11 is 0. The van der Waals surface area contributed by atoms with Gasteiger partial charge in [-0.25, -0.2) is 0 Å². The van der Waals surface area contributed by atoms with Gasteiger partial charge in [-0.3, -0.25) is 9.59 Å². The summed E-state index contributed by atoms with van der Waals surface area (Å²) in [5.74, 6) is 3.82. The number of benzene rings is 2. The third-order valence-corrected chi connectivity index (χ3v) is 19.8. The Morgan fingerprint density at radius 3 is 1.14 bits per heavy atom. The minimum atomic E-state index is -0.734. The number of Topliss-reactive ketones (excluding diaryl/α,β-unsaturated/α-hetero) is 4. The topological polar surface area (TPSA) is 149 Å². The molecule has 70 heavy (non-hydrogen) atoms. The van der Waals surface area contributed by atoms with Crippen LogP contribution in [0.2, 0.25) is 0 Å². The summed E-state index contributed by atoms with van der Waals surface area (Å²) in [4.78, 5) is 67.1. The second-order valence-electron chi connectivity index (χ2n) is 23.4. The van der Waals surface area contributed by atoms with E-state index in [4.69, 9.17) is 0 Å². The van der Waals surface area contributed by atoms with Crippen LogP contribution in [0.5, 0.6) is 0 Å². The van der Waals surface area contributed by atoms with E-state index in [2.05, 4.69) is 27.7 Å².